The van der Waals surface area contributed by atoms with Crippen LogP contribution in [0.25, 0.3) is 10.9 Å². The zero-order valence-corrected chi connectivity index (χ0v) is 11.1. The Balaban J connectivity index is 2.62. The molecule has 1 unspecified atom stereocenters. The van der Waals surface area contributed by atoms with Crippen molar-refractivity contribution < 1.29 is 9.50 Å². The van der Waals surface area contributed by atoms with Crippen LogP contribution in [0.5, 0.6) is 0 Å². The minimum Gasteiger partial charge on any atom is -0.395 e. The lowest BCUT2D eigenvalue weighted by molar-refractivity contribution is 0.311. The molecule has 2 aromatic rings. The molecule has 0 spiro atoms. The fraction of sp³-hybridized carbons (Fsp3) is 0.357. The maximum Gasteiger partial charge on any atom is 0.131 e. The summed E-state index contributed by atoms with van der Waals surface area (Å²) in [7, 11) is 0. The largest absolute Gasteiger partial charge is 0.395 e. The maximum absolute atomic E-state index is 13.6. The van der Waals surface area contributed by atoms with Gasteiger partial charge in [-0.1, -0.05) is 0 Å². The van der Waals surface area contributed by atoms with Gasteiger partial charge in [-0.2, -0.15) is 0 Å². The van der Waals surface area contributed by atoms with E-state index >= 15 is 0 Å². The molecule has 4 nitrogen and oxygen atoms in total. The summed E-state index contributed by atoms with van der Waals surface area (Å²) < 4.78 is 13.6. The lowest BCUT2D eigenvalue weighted by atomic mass is 10.0. The van der Waals surface area contributed by atoms with Gasteiger partial charge in [-0.05, 0) is 32.0 Å². The number of halogens is 1. The molecule has 0 saturated carbocycles. The number of hydrogen-bond donors (Lipinski definition) is 3. The molecule has 0 saturated heterocycles. The van der Waals surface area contributed by atoms with Gasteiger partial charge in [0.1, 0.15) is 11.6 Å². The Hall–Kier alpha value is -1.72. The molecule has 1 atom stereocenters. The molecule has 0 aliphatic rings. The van der Waals surface area contributed by atoms with E-state index in [1.54, 1.807) is 13.0 Å². The quantitative estimate of drug-likeness (QED) is 0.790. The van der Waals surface area contributed by atoms with E-state index in [0.717, 1.165) is 10.9 Å². The summed E-state index contributed by atoms with van der Waals surface area (Å²) in [6.07, 6.45) is 0. The zero-order valence-electron chi connectivity index (χ0n) is 11.1. The lowest BCUT2D eigenvalue weighted by Gasteiger charge is -2.15. The summed E-state index contributed by atoms with van der Waals surface area (Å²) in [6, 6.07) is 4.86. The number of pyridine rings is 1. The van der Waals surface area contributed by atoms with Crippen LogP contribution in [-0.2, 0) is 0 Å². The van der Waals surface area contributed by atoms with E-state index in [9.17, 15) is 4.39 Å². The summed E-state index contributed by atoms with van der Waals surface area (Å²) in [5.41, 5.74) is 7.91. The van der Waals surface area contributed by atoms with Gasteiger partial charge in [0, 0.05) is 29.1 Å². The molecular formula is C14H18FN3O. The van der Waals surface area contributed by atoms with Crippen molar-refractivity contribution in [2.75, 3.05) is 18.5 Å². The maximum atomic E-state index is 13.6. The van der Waals surface area contributed by atoms with Crippen molar-refractivity contribution in [3.8, 4) is 0 Å². The van der Waals surface area contributed by atoms with Crippen LogP contribution in [0.1, 0.15) is 24.1 Å². The Morgan fingerprint density at radius 3 is 2.84 bits per heavy atom. The summed E-state index contributed by atoms with van der Waals surface area (Å²) in [4.78, 5) is 4.45. The molecule has 1 aromatic heterocycles. The minimum atomic E-state index is -0.276. The molecule has 5 heteroatoms. The average molecular weight is 263 g/mol. The van der Waals surface area contributed by atoms with Crippen molar-refractivity contribution in [2.24, 2.45) is 5.73 Å². The molecule has 102 valence electrons. The first kappa shape index (κ1) is 13.7. The highest BCUT2D eigenvalue weighted by Crippen LogP contribution is 2.27. The summed E-state index contributed by atoms with van der Waals surface area (Å²) >= 11 is 0. The second kappa shape index (κ2) is 5.50. The third-order valence-electron chi connectivity index (χ3n) is 3.10. The highest BCUT2D eigenvalue weighted by Gasteiger charge is 2.12. The molecule has 0 aliphatic heterocycles. The van der Waals surface area contributed by atoms with Gasteiger partial charge >= 0.3 is 0 Å². The molecule has 1 aromatic carbocycles. The van der Waals surface area contributed by atoms with E-state index in [-0.39, 0.29) is 18.5 Å². The topological polar surface area (TPSA) is 71.2 Å². The zero-order chi connectivity index (χ0) is 14.0. The second-order valence-corrected chi connectivity index (χ2v) is 4.61. The number of nitrogens with two attached hydrogens (primary N) is 1. The fourth-order valence-corrected chi connectivity index (χ4v) is 2.04. The summed E-state index contributed by atoms with van der Waals surface area (Å²) in [6.45, 7) is 3.95. The minimum absolute atomic E-state index is 0.000241. The number of aliphatic hydroxyl groups excluding tert-OH is 1. The van der Waals surface area contributed by atoms with Gasteiger partial charge in [0.15, 0.2) is 0 Å². The van der Waals surface area contributed by atoms with Gasteiger partial charge in [0.2, 0.25) is 0 Å². The Bertz CT molecular complexity index is 599. The molecule has 0 fully saturated rings. The van der Waals surface area contributed by atoms with Gasteiger partial charge in [0.05, 0.1) is 12.1 Å². The number of aryl methyl sites for hydroxylation is 1. The second-order valence-electron chi connectivity index (χ2n) is 4.61. The monoisotopic (exact) mass is 263 g/mol. The first-order valence-electron chi connectivity index (χ1n) is 6.24. The number of nitrogens with zero attached hydrogens (tertiary/aromatic N) is 1. The number of nitrogens with one attached hydrogen (secondary N) is 1. The van der Waals surface area contributed by atoms with E-state index in [1.807, 2.05) is 13.0 Å². The summed E-state index contributed by atoms with van der Waals surface area (Å²) in [5.74, 6) is 0.326. The number of hydrogen-bond acceptors (Lipinski definition) is 4. The third-order valence-corrected chi connectivity index (χ3v) is 3.10. The van der Waals surface area contributed by atoms with Gasteiger partial charge in [-0.15, -0.1) is 0 Å². The predicted octanol–water partition coefficient (Wildman–Crippen LogP) is 2.11. The molecule has 0 amide bonds. The van der Waals surface area contributed by atoms with Gasteiger partial charge in [-0.25, -0.2) is 9.37 Å². The van der Waals surface area contributed by atoms with E-state index in [4.69, 9.17) is 10.8 Å². The third kappa shape index (κ3) is 2.67. The SMILES string of the molecule is Cc1c(F)ccc2cc(C(C)N)c(NCCO)nc12. The Kier molecular flexibility index (Phi) is 3.97. The van der Waals surface area contributed by atoms with Crippen LogP contribution < -0.4 is 11.1 Å². The van der Waals surface area contributed by atoms with Crippen molar-refractivity contribution >= 4 is 16.7 Å². The number of fused-ring (bicyclic) bond motifs is 1. The highest BCUT2D eigenvalue weighted by atomic mass is 19.1. The summed E-state index contributed by atoms with van der Waals surface area (Å²) in [5, 5.41) is 12.8. The Morgan fingerprint density at radius 1 is 1.47 bits per heavy atom. The van der Waals surface area contributed by atoms with Gasteiger partial charge in [0.25, 0.3) is 0 Å². The van der Waals surface area contributed by atoms with Crippen LogP contribution in [0.15, 0.2) is 18.2 Å². The molecular weight excluding hydrogens is 245 g/mol. The van der Waals surface area contributed by atoms with Crippen LogP contribution in [0.2, 0.25) is 0 Å². The number of benzene rings is 1. The normalized spacial score (nSPS) is 12.7. The van der Waals surface area contributed by atoms with Crippen molar-refractivity contribution in [1.29, 1.82) is 0 Å². The molecule has 2 rings (SSSR count). The first-order chi connectivity index (χ1) is 9.04. The van der Waals surface area contributed by atoms with Crippen LogP contribution in [0.4, 0.5) is 10.2 Å². The van der Waals surface area contributed by atoms with Crippen LogP contribution in [-0.4, -0.2) is 23.2 Å². The van der Waals surface area contributed by atoms with E-state index < -0.39 is 0 Å². The predicted molar refractivity (Wildman–Crippen MR) is 74.6 cm³/mol. The Morgan fingerprint density at radius 2 is 2.21 bits per heavy atom. The average Bonchev–Trinajstić information content (AvgIpc) is 2.40. The van der Waals surface area contributed by atoms with Gasteiger partial charge < -0.3 is 16.2 Å². The molecule has 0 bridgehead atoms. The van der Waals surface area contributed by atoms with Crippen molar-refractivity contribution in [3.05, 3.63) is 35.1 Å². The first-order valence-corrected chi connectivity index (χ1v) is 6.24. The standard InChI is InChI=1S/C14H18FN3O/c1-8-12(15)4-3-10-7-11(9(2)16)14(17-5-6-19)18-13(8)10/h3-4,7,9,19H,5-6,16H2,1-2H3,(H,17,18). The van der Waals surface area contributed by atoms with Crippen molar-refractivity contribution in [3.63, 3.8) is 0 Å². The number of anilines is 1. The van der Waals surface area contributed by atoms with E-state index in [1.165, 1.54) is 6.07 Å². The van der Waals surface area contributed by atoms with Crippen LogP contribution in [0.3, 0.4) is 0 Å². The van der Waals surface area contributed by atoms with Crippen molar-refractivity contribution in [1.82, 2.24) is 4.98 Å². The van der Waals surface area contributed by atoms with E-state index in [0.29, 0.717) is 23.4 Å². The van der Waals surface area contributed by atoms with Crippen LogP contribution in [0, 0.1) is 12.7 Å². The smallest absolute Gasteiger partial charge is 0.131 e. The van der Waals surface area contributed by atoms with Crippen LogP contribution >= 0.6 is 0 Å². The molecule has 1 heterocycles. The van der Waals surface area contributed by atoms with Crippen molar-refractivity contribution in [2.45, 2.75) is 19.9 Å². The van der Waals surface area contributed by atoms with Gasteiger partial charge in [-0.3, -0.25) is 0 Å². The molecule has 19 heavy (non-hydrogen) atoms. The highest BCUT2D eigenvalue weighted by molar-refractivity contribution is 5.84. The molecule has 0 radical (unpaired) electrons. The fourth-order valence-electron chi connectivity index (χ4n) is 2.04. The number of aromatic nitrogens is 1. The lowest BCUT2D eigenvalue weighted by Crippen LogP contribution is -2.14. The van der Waals surface area contributed by atoms with E-state index in [2.05, 4.69) is 10.3 Å². The molecule has 4 N–H and O–H groups in total. The molecule has 0 aliphatic carbocycles. The number of rotatable bonds is 4. The number of aliphatic hydroxyl groups is 1. The Labute approximate surface area is 111 Å².